The Morgan fingerprint density at radius 2 is 1.66 bits per heavy atom. The summed E-state index contributed by atoms with van der Waals surface area (Å²) in [7, 11) is -3.63. The van der Waals surface area contributed by atoms with Crippen molar-refractivity contribution in [3.8, 4) is 0 Å². The van der Waals surface area contributed by atoms with E-state index in [0.717, 1.165) is 38.0 Å². The topological polar surface area (TPSA) is 87.0 Å². The molecule has 0 saturated carbocycles. The Balaban J connectivity index is 1.55. The number of halogens is 1. The van der Waals surface area contributed by atoms with Crippen molar-refractivity contribution in [2.75, 3.05) is 42.5 Å². The van der Waals surface area contributed by atoms with Gasteiger partial charge in [-0.05, 0) is 62.6 Å². The highest BCUT2D eigenvalue weighted by molar-refractivity contribution is 7.89. The fourth-order valence-corrected chi connectivity index (χ4v) is 6.26. The van der Waals surface area contributed by atoms with Gasteiger partial charge >= 0.3 is 0 Å². The van der Waals surface area contributed by atoms with Crippen molar-refractivity contribution in [2.24, 2.45) is 0 Å². The van der Waals surface area contributed by atoms with Crippen LogP contribution in [0.4, 0.5) is 17.1 Å². The number of anilines is 2. The van der Waals surface area contributed by atoms with Crippen LogP contribution >= 0.6 is 11.6 Å². The highest BCUT2D eigenvalue weighted by Crippen LogP contribution is 2.35. The number of hydrogen-bond donors (Lipinski definition) is 0. The minimum Gasteiger partial charge on any atom is -0.369 e. The molecule has 0 aromatic heterocycles. The lowest BCUT2D eigenvalue weighted by molar-refractivity contribution is -0.384. The summed E-state index contributed by atoms with van der Waals surface area (Å²) in [5, 5.41) is 12.1. The van der Waals surface area contributed by atoms with E-state index in [1.165, 1.54) is 16.4 Å². The number of nitro benzene ring substituents is 1. The van der Waals surface area contributed by atoms with Gasteiger partial charge in [0.1, 0.15) is 5.69 Å². The van der Waals surface area contributed by atoms with Crippen LogP contribution in [-0.2, 0) is 10.0 Å². The van der Waals surface area contributed by atoms with Gasteiger partial charge in [0.2, 0.25) is 10.0 Å². The summed E-state index contributed by atoms with van der Waals surface area (Å²) in [4.78, 5) is 15.7. The number of piperidine rings is 1. The number of nitrogens with zero attached hydrogens (tertiary/aromatic N) is 4. The van der Waals surface area contributed by atoms with Crippen molar-refractivity contribution in [1.29, 1.82) is 0 Å². The molecule has 2 aromatic carbocycles. The number of piperazine rings is 1. The molecule has 172 valence electrons. The lowest BCUT2D eigenvalue weighted by atomic mass is 10.1. The van der Waals surface area contributed by atoms with Gasteiger partial charge in [-0.1, -0.05) is 11.6 Å². The first-order valence-corrected chi connectivity index (χ1v) is 12.6. The summed E-state index contributed by atoms with van der Waals surface area (Å²) in [6.07, 6.45) is 3.20. The third-order valence-corrected chi connectivity index (χ3v) is 8.48. The molecule has 0 aliphatic carbocycles. The van der Waals surface area contributed by atoms with E-state index in [1.54, 1.807) is 24.3 Å². The molecule has 0 N–H and O–H groups in total. The molecule has 2 saturated heterocycles. The molecule has 8 nitrogen and oxygen atoms in total. The van der Waals surface area contributed by atoms with Gasteiger partial charge in [-0.2, -0.15) is 4.31 Å². The van der Waals surface area contributed by atoms with Crippen LogP contribution in [0.2, 0.25) is 5.02 Å². The predicted octanol–water partition coefficient (Wildman–Crippen LogP) is 4.14. The van der Waals surface area contributed by atoms with E-state index in [0.29, 0.717) is 30.3 Å². The second-order valence-electron chi connectivity index (χ2n) is 8.34. The van der Waals surface area contributed by atoms with Crippen molar-refractivity contribution in [1.82, 2.24) is 4.31 Å². The molecule has 2 fully saturated rings. The molecule has 0 radical (unpaired) electrons. The summed E-state index contributed by atoms with van der Waals surface area (Å²) < 4.78 is 27.7. The zero-order chi connectivity index (χ0) is 22.9. The molecule has 10 heteroatoms. The van der Waals surface area contributed by atoms with Crippen LogP contribution < -0.4 is 9.80 Å². The quantitative estimate of drug-likeness (QED) is 0.474. The first-order valence-electron chi connectivity index (χ1n) is 10.8. The minimum absolute atomic E-state index is 0.118. The lowest BCUT2D eigenvalue weighted by Gasteiger charge is -2.40. The molecule has 0 unspecified atom stereocenters. The maximum atomic E-state index is 13.1. The molecule has 2 aliphatic heterocycles. The third kappa shape index (κ3) is 4.55. The van der Waals surface area contributed by atoms with E-state index in [2.05, 4.69) is 9.80 Å². The normalized spacial score (nSPS) is 20.4. The highest BCUT2D eigenvalue weighted by atomic mass is 35.5. The average Bonchev–Trinajstić information content (AvgIpc) is 2.79. The first kappa shape index (κ1) is 22.8. The van der Waals surface area contributed by atoms with Crippen LogP contribution in [0.25, 0.3) is 0 Å². The van der Waals surface area contributed by atoms with Crippen LogP contribution in [0, 0.1) is 10.1 Å². The summed E-state index contributed by atoms with van der Waals surface area (Å²) in [5.41, 5.74) is 1.65. The maximum Gasteiger partial charge on any atom is 0.292 e. The van der Waals surface area contributed by atoms with E-state index in [9.17, 15) is 18.5 Å². The lowest BCUT2D eigenvalue weighted by Crippen LogP contribution is -2.54. The summed E-state index contributed by atoms with van der Waals surface area (Å²) in [6, 6.07) is 11.2. The molecule has 4 rings (SSSR count). The predicted molar refractivity (Wildman–Crippen MR) is 126 cm³/mol. The Kier molecular flexibility index (Phi) is 6.60. The molecular weight excluding hydrogens is 452 g/mol. The fraction of sp³-hybridized carbons (Fsp3) is 0.455. The van der Waals surface area contributed by atoms with Gasteiger partial charge < -0.3 is 9.80 Å². The molecule has 0 amide bonds. The van der Waals surface area contributed by atoms with Gasteiger partial charge in [-0.25, -0.2) is 8.42 Å². The molecule has 2 aliphatic rings. The van der Waals surface area contributed by atoms with Gasteiger partial charge in [0.15, 0.2) is 0 Å². The Labute approximate surface area is 193 Å². The van der Waals surface area contributed by atoms with E-state index in [-0.39, 0.29) is 21.5 Å². The van der Waals surface area contributed by atoms with Crippen LogP contribution in [0.5, 0.6) is 0 Å². The third-order valence-electron chi connectivity index (χ3n) is 6.20. The number of nitro groups is 1. The van der Waals surface area contributed by atoms with E-state index < -0.39 is 10.0 Å². The second-order valence-corrected chi connectivity index (χ2v) is 10.7. The fourth-order valence-electron chi connectivity index (χ4n) is 4.53. The Morgan fingerprint density at radius 3 is 2.28 bits per heavy atom. The van der Waals surface area contributed by atoms with Gasteiger partial charge in [0.05, 0.1) is 9.82 Å². The zero-order valence-corrected chi connectivity index (χ0v) is 19.6. The number of benzene rings is 2. The average molecular weight is 479 g/mol. The summed E-state index contributed by atoms with van der Waals surface area (Å²) in [6.45, 7) is 4.86. The minimum atomic E-state index is -3.63. The van der Waals surface area contributed by atoms with Gasteiger partial charge in [0.25, 0.3) is 5.69 Å². The SMILES string of the molecule is C[C@H]1CN(c2ccc([N+](=O)[O-])c(N3CCCCC3)c2)CCN1S(=O)(=O)c1ccc(Cl)cc1. The number of rotatable bonds is 5. The highest BCUT2D eigenvalue weighted by Gasteiger charge is 2.34. The molecule has 32 heavy (non-hydrogen) atoms. The van der Waals surface area contributed by atoms with Crippen LogP contribution in [-0.4, -0.2) is 56.4 Å². The molecule has 0 bridgehead atoms. The van der Waals surface area contributed by atoms with Crippen molar-refractivity contribution >= 4 is 38.7 Å². The molecule has 2 heterocycles. The van der Waals surface area contributed by atoms with Gasteiger partial charge in [-0.15, -0.1) is 0 Å². The molecule has 0 spiro atoms. The molecule has 1 atom stereocenters. The van der Waals surface area contributed by atoms with Crippen molar-refractivity contribution in [2.45, 2.75) is 37.1 Å². The summed E-state index contributed by atoms with van der Waals surface area (Å²) in [5.74, 6) is 0. The number of hydrogen-bond acceptors (Lipinski definition) is 6. The Bertz CT molecular complexity index is 1090. The van der Waals surface area contributed by atoms with Crippen LogP contribution in [0.1, 0.15) is 26.2 Å². The van der Waals surface area contributed by atoms with Gasteiger partial charge in [0, 0.05) is 55.5 Å². The van der Waals surface area contributed by atoms with Crippen molar-refractivity contribution < 1.29 is 13.3 Å². The largest absolute Gasteiger partial charge is 0.369 e. The Morgan fingerprint density at radius 1 is 0.969 bits per heavy atom. The van der Waals surface area contributed by atoms with E-state index in [4.69, 9.17) is 11.6 Å². The monoisotopic (exact) mass is 478 g/mol. The van der Waals surface area contributed by atoms with Crippen LogP contribution in [0.15, 0.2) is 47.4 Å². The molecular formula is C22H27ClN4O4S. The van der Waals surface area contributed by atoms with E-state index >= 15 is 0 Å². The number of sulfonamides is 1. The smallest absolute Gasteiger partial charge is 0.292 e. The first-order chi connectivity index (χ1) is 15.3. The summed E-state index contributed by atoms with van der Waals surface area (Å²) >= 11 is 5.90. The zero-order valence-electron chi connectivity index (χ0n) is 18.0. The Hall–Kier alpha value is -2.36. The standard InChI is InChI=1S/C22H27ClN4O4S/c1-17-16-25(13-14-26(17)32(30,31)20-8-5-18(23)6-9-20)19-7-10-21(27(28)29)22(15-19)24-11-3-2-4-12-24/h5-10,15,17H,2-4,11-14,16H2,1H3/t17-/m0/s1. The second kappa shape index (κ2) is 9.25. The van der Waals surface area contributed by atoms with E-state index in [1.807, 2.05) is 13.0 Å². The molecule has 2 aromatic rings. The van der Waals surface area contributed by atoms with Gasteiger partial charge in [-0.3, -0.25) is 10.1 Å². The van der Waals surface area contributed by atoms with Crippen LogP contribution in [0.3, 0.4) is 0 Å². The maximum absolute atomic E-state index is 13.1. The van der Waals surface area contributed by atoms with Crippen molar-refractivity contribution in [3.05, 3.63) is 57.6 Å². The van der Waals surface area contributed by atoms with Crippen molar-refractivity contribution in [3.63, 3.8) is 0 Å².